The van der Waals surface area contributed by atoms with E-state index in [0.29, 0.717) is 0 Å². The van der Waals surface area contributed by atoms with E-state index >= 15 is 0 Å². The van der Waals surface area contributed by atoms with Crippen molar-refractivity contribution in [2.45, 2.75) is 72.6 Å². The summed E-state index contributed by atoms with van der Waals surface area (Å²) in [6, 6.07) is 0. The number of rotatable bonds is 9. The van der Waals surface area contributed by atoms with E-state index in [1.54, 1.807) is 0 Å². The molecule has 0 unspecified atom stereocenters. The van der Waals surface area contributed by atoms with Gasteiger partial charge in [0.25, 0.3) is 0 Å². The summed E-state index contributed by atoms with van der Waals surface area (Å²) >= 11 is -5.65. The van der Waals surface area contributed by atoms with Crippen LogP contribution < -0.4 is 0 Å². The van der Waals surface area contributed by atoms with Crippen LogP contribution in [0.3, 0.4) is 0 Å². The van der Waals surface area contributed by atoms with Crippen LogP contribution >= 0.6 is 0 Å². The molecule has 1 aliphatic rings. The zero-order valence-electron chi connectivity index (χ0n) is 12.1. The first kappa shape index (κ1) is 18.3. The van der Waals surface area contributed by atoms with Crippen molar-refractivity contribution in [3.05, 3.63) is 0 Å². The molecule has 0 atom stereocenters. The van der Waals surface area contributed by atoms with Crippen molar-refractivity contribution >= 4 is 61.8 Å². The second-order valence-corrected chi connectivity index (χ2v) is 28.9. The summed E-state index contributed by atoms with van der Waals surface area (Å²) < 4.78 is 22.8. The van der Waals surface area contributed by atoms with Gasteiger partial charge >= 0.3 is 139 Å². The standard InChI is InChI=1S/3C4H9.3O.3Sn/c3*1-3-4-2;;;;;;/h3*1,3-4H2,2H3;;;;;;. The molecule has 3 radical (unpaired) electrons. The maximum absolute atomic E-state index is 6.30. The Morgan fingerprint density at radius 3 is 1.06 bits per heavy atom. The number of unbranched alkanes of at least 4 members (excludes halogenated alkanes) is 3. The van der Waals surface area contributed by atoms with Gasteiger partial charge in [-0.3, -0.25) is 0 Å². The molecule has 0 bridgehead atoms. The van der Waals surface area contributed by atoms with Crippen LogP contribution in [-0.2, 0) is 4.23 Å². The van der Waals surface area contributed by atoms with Crippen molar-refractivity contribution in [3.8, 4) is 0 Å². The molecule has 0 amide bonds. The van der Waals surface area contributed by atoms with Gasteiger partial charge in [0.15, 0.2) is 0 Å². The Morgan fingerprint density at radius 1 is 0.556 bits per heavy atom. The molecule has 1 fully saturated rings. The summed E-state index contributed by atoms with van der Waals surface area (Å²) in [5.74, 6) is 0. The predicted molar refractivity (Wildman–Crippen MR) is 79.7 cm³/mol. The van der Waals surface area contributed by atoms with E-state index in [9.17, 15) is 0 Å². The Hall–Kier alpha value is 2.28. The third-order valence-corrected chi connectivity index (χ3v) is 39.5. The molecular formula is C12H27O3Sn3. The average molecular weight is 575 g/mol. The van der Waals surface area contributed by atoms with Crippen molar-refractivity contribution in [1.29, 1.82) is 0 Å². The van der Waals surface area contributed by atoms with E-state index in [-0.39, 0.29) is 0 Å². The zero-order valence-corrected chi connectivity index (χ0v) is 20.7. The number of hydrogen-bond acceptors (Lipinski definition) is 3. The van der Waals surface area contributed by atoms with Crippen LogP contribution in [0.25, 0.3) is 0 Å². The second kappa shape index (κ2) is 11.9. The fourth-order valence-electron chi connectivity index (χ4n) is 1.71. The molecule has 6 heteroatoms. The summed E-state index contributed by atoms with van der Waals surface area (Å²) in [5, 5.41) is 0. The summed E-state index contributed by atoms with van der Waals surface area (Å²) in [6.07, 6.45) is 7.76. The summed E-state index contributed by atoms with van der Waals surface area (Å²) in [7, 11) is 0. The molecule has 0 N–H and O–H groups in total. The molecule has 18 heavy (non-hydrogen) atoms. The Morgan fingerprint density at radius 2 is 0.833 bits per heavy atom. The van der Waals surface area contributed by atoms with E-state index in [1.807, 2.05) is 0 Å². The van der Waals surface area contributed by atoms with Gasteiger partial charge < -0.3 is 0 Å². The van der Waals surface area contributed by atoms with Crippen molar-refractivity contribution in [3.63, 3.8) is 0 Å². The minimum absolute atomic E-state index is 1.28. The van der Waals surface area contributed by atoms with Crippen molar-refractivity contribution in [1.82, 2.24) is 0 Å². The molecule has 0 aromatic heterocycles. The van der Waals surface area contributed by atoms with Crippen LogP contribution in [0.2, 0.25) is 13.3 Å². The quantitative estimate of drug-likeness (QED) is 0.391. The first-order valence-electron chi connectivity index (χ1n) is 7.41. The van der Waals surface area contributed by atoms with Gasteiger partial charge in [-0.15, -0.1) is 0 Å². The Bertz CT molecular complexity index is 168. The van der Waals surface area contributed by atoms with Crippen LogP contribution in [0.5, 0.6) is 0 Å². The van der Waals surface area contributed by atoms with Gasteiger partial charge in [-0.2, -0.15) is 0 Å². The van der Waals surface area contributed by atoms with E-state index in [1.165, 1.54) is 51.8 Å². The molecule has 1 saturated heterocycles. The zero-order chi connectivity index (χ0) is 13.2. The Kier molecular flexibility index (Phi) is 12.1. The molecule has 105 valence electrons. The van der Waals surface area contributed by atoms with Crippen LogP contribution in [0.4, 0.5) is 0 Å². The van der Waals surface area contributed by atoms with Crippen LogP contribution in [-0.4, -0.2) is 61.8 Å². The third kappa shape index (κ3) is 7.90. The Balaban J connectivity index is 2.38. The fourth-order valence-corrected chi connectivity index (χ4v) is 56.2. The predicted octanol–water partition coefficient (Wildman–Crippen LogP) is 3.91. The molecule has 1 rings (SSSR count). The van der Waals surface area contributed by atoms with Gasteiger partial charge in [0, 0.05) is 0 Å². The molecule has 0 spiro atoms. The summed E-state index contributed by atoms with van der Waals surface area (Å²) in [6.45, 7) is 6.78. The van der Waals surface area contributed by atoms with Gasteiger partial charge in [0.2, 0.25) is 0 Å². The fraction of sp³-hybridized carbons (Fsp3) is 1.00. The second-order valence-electron chi connectivity index (χ2n) is 4.73. The van der Waals surface area contributed by atoms with Crippen molar-refractivity contribution in [2.75, 3.05) is 0 Å². The summed E-state index contributed by atoms with van der Waals surface area (Å²) in [4.78, 5) is 0. The maximum atomic E-state index is 6.30. The first-order valence-corrected chi connectivity index (χ1v) is 20.5. The minimum atomic E-state index is -1.88. The Labute approximate surface area is 137 Å². The normalized spacial score (nSPS) is 19.5. The average Bonchev–Trinajstić information content (AvgIpc) is 2.40. The molecule has 0 aromatic carbocycles. The van der Waals surface area contributed by atoms with Gasteiger partial charge in [-0.05, 0) is 0 Å². The van der Waals surface area contributed by atoms with Gasteiger partial charge in [-0.1, -0.05) is 0 Å². The molecule has 0 aromatic rings. The molecule has 0 saturated carbocycles. The van der Waals surface area contributed by atoms with Gasteiger partial charge in [-0.25, -0.2) is 0 Å². The SMILES string of the molecule is CCC[CH2][Sn]1[O][Sn]([CH2]CCC)[O][Sn]([CH2]CCC)[O]1. The van der Waals surface area contributed by atoms with Crippen LogP contribution in [0.1, 0.15) is 59.3 Å². The van der Waals surface area contributed by atoms with Crippen LogP contribution in [0.15, 0.2) is 0 Å². The van der Waals surface area contributed by atoms with Crippen LogP contribution in [0, 0.1) is 0 Å². The molecule has 3 nitrogen and oxygen atoms in total. The van der Waals surface area contributed by atoms with Crippen molar-refractivity contribution < 1.29 is 4.23 Å². The molecule has 1 heterocycles. The molecular weight excluding hydrogens is 548 g/mol. The monoisotopic (exact) mass is 579 g/mol. The molecule has 1 aliphatic heterocycles. The van der Waals surface area contributed by atoms with E-state index < -0.39 is 61.8 Å². The number of hydrogen-bond donors (Lipinski definition) is 0. The van der Waals surface area contributed by atoms with Crippen molar-refractivity contribution in [2.24, 2.45) is 0 Å². The third-order valence-electron chi connectivity index (χ3n) is 2.89. The van der Waals surface area contributed by atoms with E-state index in [0.717, 1.165) is 0 Å². The van der Waals surface area contributed by atoms with Gasteiger partial charge in [0.1, 0.15) is 0 Å². The summed E-state index contributed by atoms with van der Waals surface area (Å²) in [5.41, 5.74) is 0. The van der Waals surface area contributed by atoms with Gasteiger partial charge in [0.05, 0.1) is 0 Å². The van der Waals surface area contributed by atoms with E-state index in [4.69, 9.17) is 4.23 Å². The first-order chi connectivity index (χ1) is 8.80. The topological polar surface area (TPSA) is 27.7 Å². The van der Waals surface area contributed by atoms with E-state index in [2.05, 4.69) is 20.8 Å². The molecule has 0 aliphatic carbocycles.